The molecule has 0 aromatic heterocycles. The van der Waals surface area contributed by atoms with Crippen LogP contribution < -0.4 is 0 Å². The molecule has 3 atom stereocenters. The molecule has 2 rings (SSSR count). The highest BCUT2D eigenvalue weighted by Crippen LogP contribution is 2.40. The Kier molecular flexibility index (Phi) is 4.92. The minimum atomic E-state index is -0.870. The second-order valence-corrected chi connectivity index (χ2v) is 6.74. The van der Waals surface area contributed by atoms with Gasteiger partial charge >= 0.3 is 5.97 Å². The van der Waals surface area contributed by atoms with Crippen molar-refractivity contribution in [1.82, 2.24) is 0 Å². The molecule has 2 aromatic rings. The second-order valence-electron chi connectivity index (χ2n) is 5.92. The van der Waals surface area contributed by atoms with Crippen molar-refractivity contribution in [1.29, 1.82) is 0 Å². The average molecular weight is 317 g/mol. The number of alkyl halides is 1. The Bertz CT molecular complexity index is 632. The molecule has 0 heterocycles. The number of aliphatic carboxylic acids is 1. The van der Waals surface area contributed by atoms with E-state index in [2.05, 4.69) is 24.3 Å². The Morgan fingerprint density at radius 3 is 2.00 bits per heavy atom. The first-order valence-electron chi connectivity index (χ1n) is 7.41. The van der Waals surface area contributed by atoms with Crippen molar-refractivity contribution in [3.63, 3.8) is 0 Å². The van der Waals surface area contributed by atoms with Crippen molar-refractivity contribution in [2.24, 2.45) is 5.92 Å². The molecule has 0 amide bonds. The number of carboxylic acid groups (broad SMARTS) is 1. The zero-order valence-corrected chi connectivity index (χ0v) is 13.8. The van der Waals surface area contributed by atoms with Gasteiger partial charge in [0.15, 0.2) is 0 Å². The normalized spacial score (nSPS) is 16.5. The van der Waals surface area contributed by atoms with E-state index in [-0.39, 0.29) is 5.92 Å². The molecular weight excluding hydrogens is 296 g/mol. The van der Waals surface area contributed by atoms with E-state index in [4.69, 9.17) is 11.6 Å². The first-order chi connectivity index (χ1) is 10.3. The first kappa shape index (κ1) is 16.6. The molecule has 0 radical (unpaired) electrons. The van der Waals surface area contributed by atoms with Gasteiger partial charge in [0.2, 0.25) is 0 Å². The van der Waals surface area contributed by atoms with Crippen molar-refractivity contribution in [3.05, 3.63) is 60.2 Å². The average Bonchev–Trinajstić information content (AvgIpc) is 2.54. The van der Waals surface area contributed by atoms with Gasteiger partial charge in [-0.1, -0.05) is 68.4 Å². The summed E-state index contributed by atoms with van der Waals surface area (Å²) >= 11 is 6.54. The maximum absolute atomic E-state index is 11.2. The molecule has 116 valence electrons. The molecule has 0 fully saturated rings. The Labute approximate surface area is 136 Å². The summed E-state index contributed by atoms with van der Waals surface area (Å²) in [6.45, 7) is 5.43. The van der Waals surface area contributed by atoms with Crippen LogP contribution in [0.4, 0.5) is 0 Å². The van der Waals surface area contributed by atoms with Gasteiger partial charge in [-0.05, 0) is 23.6 Å². The topological polar surface area (TPSA) is 37.3 Å². The fraction of sp³-hybridized carbons (Fsp3) is 0.316. The molecule has 3 unspecified atom stereocenters. The summed E-state index contributed by atoms with van der Waals surface area (Å²) in [4.78, 5) is 10.4. The SMILES string of the molecule is CC(C(=O)O)C(C)(Cl)C(C)c1ccc(-c2ccccc2)cc1. The van der Waals surface area contributed by atoms with Gasteiger partial charge in [0.25, 0.3) is 0 Å². The van der Waals surface area contributed by atoms with Crippen LogP contribution in [0.1, 0.15) is 32.3 Å². The predicted octanol–water partition coefficient (Wildman–Crippen LogP) is 5.18. The minimum absolute atomic E-state index is 0.0647. The van der Waals surface area contributed by atoms with Crippen molar-refractivity contribution >= 4 is 17.6 Å². The molecule has 22 heavy (non-hydrogen) atoms. The van der Waals surface area contributed by atoms with Crippen LogP contribution in [0.25, 0.3) is 11.1 Å². The van der Waals surface area contributed by atoms with E-state index in [1.807, 2.05) is 37.3 Å². The van der Waals surface area contributed by atoms with Gasteiger partial charge in [0.1, 0.15) is 0 Å². The van der Waals surface area contributed by atoms with E-state index in [1.54, 1.807) is 13.8 Å². The fourth-order valence-electron chi connectivity index (χ4n) is 2.54. The Morgan fingerprint density at radius 1 is 1.00 bits per heavy atom. The van der Waals surface area contributed by atoms with E-state index < -0.39 is 16.8 Å². The number of halogens is 1. The highest BCUT2D eigenvalue weighted by molar-refractivity contribution is 6.25. The number of rotatable bonds is 5. The van der Waals surface area contributed by atoms with Crippen LogP contribution in [0, 0.1) is 5.92 Å². The summed E-state index contributed by atoms with van der Waals surface area (Å²) in [5.41, 5.74) is 3.35. The molecule has 0 bridgehead atoms. The van der Waals surface area contributed by atoms with Crippen molar-refractivity contribution in [2.75, 3.05) is 0 Å². The molecular formula is C19H21ClO2. The highest BCUT2D eigenvalue weighted by atomic mass is 35.5. The number of benzene rings is 2. The molecule has 0 spiro atoms. The van der Waals surface area contributed by atoms with E-state index in [0.717, 1.165) is 16.7 Å². The van der Waals surface area contributed by atoms with Crippen LogP contribution in [0.2, 0.25) is 0 Å². The first-order valence-corrected chi connectivity index (χ1v) is 7.79. The number of hydrogen-bond donors (Lipinski definition) is 1. The van der Waals surface area contributed by atoms with Crippen molar-refractivity contribution in [3.8, 4) is 11.1 Å². The quantitative estimate of drug-likeness (QED) is 0.772. The number of carbonyl (C=O) groups is 1. The zero-order chi connectivity index (χ0) is 16.3. The van der Waals surface area contributed by atoms with E-state index in [1.165, 1.54) is 0 Å². The molecule has 0 saturated carbocycles. The number of carboxylic acids is 1. The summed E-state index contributed by atoms with van der Waals surface area (Å²) in [5, 5.41) is 9.22. The van der Waals surface area contributed by atoms with Crippen LogP contribution >= 0.6 is 11.6 Å². The zero-order valence-electron chi connectivity index (χ0n) is 13.1. The van der Waals surface area contributed by atoms with Gasteiger partial charge in [-0.15, -0.1) is 11.6 Å². The second kappa shape index (κ2) is 6.53. The van der Waals surface area contributed by atoms with Crippen molar-refractivity contribution < 1.29 is 9.90 Å². The third-order valence-electron chi connectivity index (χ3n) is 4.58. The lowest BCUT2D eigenvalue weighted by atomic mass is 9.80. The molecule has 0 aliphatic rings. The minimum Gasteiger partial charge on any atom is -0.481 e. The lowest BCUT2D eigenvalue weighted by Crippen LogP contribution is -2.37. The van der Waals surface area contributed by atoms with Crippen LogP contribution in [-0.4, -0.2) is 16.0 Å². The fourth-order valence-corrected chi connectivity index (χ4v) is 2.76. The predicted molar refractivity (Wildman–Crippen MR) is 91.4 cm³/mol. The Morgan fingerprint density at radius 2 is 1.50 bits per heavy atom. The molecule has 0 aliphatic carbocycles. The van der Waals surface area contributed by atoms with Crippen LogP contribution in [-0.2, 0) is 4.79 Å². The van der Waals surface area contributed by atoms with Crippen LogP contribution in [0.5, 0.6) is 0 Å². The Hall–Kier alpha value is -1.80. The lowest BCUT2D eigenvalue weighted by Gasteiger charge is -2.33. The van der Waals surface area contributed by atoms with Gasteiger partial charge in [0, 0.05) is 5.92 Å². The standard InChI is InChI=1S/C19H21ClO2/c1-13(19(3,20)14(2)18(21)22)15-9-11-17(12-10-15)16-7-5-4-6-8-16/h4-14H,1-3H3,(H,21,22). The Balaban J connectivity index is 2.25. The molecule has 1 N–H and O–H groups in total. The molecule has 0 aliphatic heterocycles. The smallest absolute Gasteiger partial charge is 0.308 e. The summed E-state index contributed by atoms with van der Waals surface area (Å²) in [6, 6.07) is 18.3. The summed E-state index contributed by atoms with van der Waals surface area (Å²) < 4.78 is 0. The summed E-state index contributed by atoms with van der Waals surface area (Å²) in [5.74, 6) is -1.56. The van der Waals surface area contributed by atoms with Gasteiger partial charge in [0.05, 0.1) is 10.8 Å². The maximum atomic E-state index is 11.2. The lowest BCUT2D eigenvalue weighted by molar-refractivity contribution is -0.142. The van der Waals surface area contributed by atoms with Crippen molar-refractivity contribution in [2.45, 2.75) is 31.6 Å². The van der Waals surface area contributed by atoms with E-state index >= 15 is 0 Å². The van der Waals surface area contributed by atoms with Gasteiger partial charge in [-0.3, -0.25) is 4.79 Å². The molecule has 3 heteroatoms. The van der Waals surface area contributed by atoms with E-state index in [0.29, 0.717) is 0 Å². The van der Waals surface area contributed by atoms with Crippen LogP contribution in [0.3, 0.4) is 0 Å². The monoisotopic (exact) mass is 316 g/mol. The van der Waals surface area contributed by atoms with Crippen LogP contribution in [0.15, 0.2) is 54.6 Å². The van der Waals surface area contributed by atoms with Gasteiger partial charge in [-0.2, -0.15) is 0 Å². The molecule has 2 nitrogen and oxygen atoms in total. The van der Waals surface area contributed by atoms with E-state index in [9.17, 15) is 9.90 Å². The molecule has 2 aromatic carbocycles. The largest absolute Gasteiger partial charge is 0.481 e. The summed E-state index contributed by atoms with van der Waals surface area (Å²) in [7, 11) is 0. The third-order valence-corrected chi connectivity index (χ3v) is 5.24. The van der Waals surface area contributed by atoms with Gasteiger partial charge in [-0.25, -0.2) is 0 Å². The maximum Gasteiger partial charge on any atom is 0.308 e. The summed E-state index contributed by atoms with van der Waals surface area (Å²) in [6.07, 6.45) is 0. The highest BCUT2D eigenvalue weighted by Gasteiger charge is 2.39. The molecule has 0 saturated heterocycles. The number of hydrogen-bond acceptors (Lipinski definition) is 1. The van der Waals surface area contributed by atoms with Gasteiger partial charge < -0.3 is 5.11 Å². The third kappa shape index (κ3) is 3.33.